The quantitative estimate of drug-likeness (QED) is 0.0794. The lowest BCUT2D eigenvalue weighted by Gasteiger charge is -2.40. The molecule has 2 saturated heterocycles. The van der Waals surface area contributed by atoms with Crippen molar-refractivity contribution < 1.29 is 52.9 Å². The Hall–Kier alpha value is -6.90. The van der Waals surface area contributed by atoms with E-state index in [1.807, 2.05) is 26.0 Å². The van der Waals surface area contributed by atoms with Gasteiger partial charge in [-0.15, -0.1) is 0 Å². The topological polar surface area (TPSA) is 180 Å². The van der Waals surface area contributed by atoms with Gasteiger partial charge in [0.15, 0.2) is 0 Å². The van der Waals surface area contributed by atoms with Crippen molar-refractivity contribution in [1.82, 2.24) is 35.0 Å². The van der Waals surface area contributed by atoms with Gasteiger partial charge < -0.3 is 44.8 Å². The first kappa shape index (κ1) is 50.0. The number of nitrogens with one attached hydrogen (secondary N) is 4. The lowest BCUT2D eigenvalue weighted by Crippen LogP contribution is -2.54. The van der Waals surface area contributed by atoms with E-state index >= 15 is 0 Å². The summed E-state index contributed by atoms with van der Waals surface area (Å²) in [5.74, 6) is -1.01. The van der Waals surface area contributed by atoms with E-state index in [0.717, 1.165) is 24.1 Å². The van der Waals surface area contributed by atoms with Gasteiger partial charge in [-0.1, -0.05) is 83.5 Å². The normalized spacial score (nSPS) is 18.0. The van der Waals surface area contributed by atoms with Crippen LogP contribution >= 0.6 is 10.2 Å². The fraction of sp³-hybridized carbons (Fsp3) is 0.375. The number of methoxy groups -OCH3 is 2. The number of rotatable bonds is 14. The zero-order valence-electron chi connectivity index (χ0n) is 38.8. The number of imidazole rings is 1. The van der Waals surface area contributed by atoms with Crippen molar-refractivity contribution in [1.29, 1.82) is 0 Å². The first-order chi connectivity index (χ1) is 32.5. The molecular weight excluding hydrogens is 928 g/mol. The molecule has 21 heteroatoms. The van der Waals surface area contributed by atoms with Gasteiger partial charge in [-0.2, -0.15) is 0 Å². The number of ether oxygens (including phenoxy) is 2. The molecule has 5 aromatic rings. The predicted octanol–water partition coefficient (Wildman–Crippen LogP) is 10.2. The monoisotopic (exact) mass is 982 g/mol. The van der Waals surface area contributed by atoms with Crippen LogP contribution in [0.2, 0.25) is 0 Å². The molecule has 4 atom stereocenters. The van der Waals surface area contributed by atoms with E-state index < -0.39 is 57.2 Å². The number of anilines is 1. The van der Waals surface area contributed by atoms with E-state index in [0.29, 0.717) is 84.2 Å². The van der Waals surface area contributed by atoms with Crippen molar-refractivity contribution >= 4 is 45.8 Å². The first-order valence-electron chi connectivity index (χ1n) is 22.4. The molecule has 2 fully saturated rings. The van der Waals surface area contributed by atoms with Crippen LogP contribution in [0.5, 0.6) is 0 Å². The summed E-state index contributed by atoms with van der Waals surface area (Å²) in [6.45, 7) is 8.00. The second kappa shape index (κ2) is 18.9. The van der Waals surface area contributed by atoms with Crippen LogP contribution < -0.4 is 16.0 Å². The molecular formula is C48H55F5N8O7S. The first-order valence-corrected chi connectivity index (χ1v) is 24.4. The molecule has 0 aliphatic carbocycles. The lowest BCUT2D eigenvalue weighted by molar-refractivity contribution is -0.139. The number of amides is 5. The highest BCUT2D eigenvalue weighted by Crippen LogP contribution is 3.02. The molecule has 3 aromatic carbocycles. The number of benzene rings is 3. The molecule has 7 rings (SSSR count). The molecule has 5 amide bonds. The minimum atomic E-state index is -9.99. The maximum Gasteiger partial charge on any atom is 0.407 e. The van der Waals surface area contributed by atoms with Crippen molar-refractivity contribution in [2.24, 2.45) is 11.8 Å². The Bertz CT molecular complexity index is 2710. The van der Waals surface area contributed by atoms with Gasteiger partial charge in [0, 0.05) is 24.5 Å². The van der Waals surface area contributed by atoms with Crippen LogP contribution in [0.1, 0.15) is 65.2 Å². The van der Waals surface area contributed by atoms with Gasteiger partial charge >= 0.3 is 22.4 Å². The average Bonchev–Trinajstić information content (AvgIpc) is 4.16. The summed E-state index contributed by atoms with van der Waals surface area (Å²) in [5, 5.41) is 8.06. The Labute approximate surface area is 395 Å². The SMILES string of the molecule is COC(=O)NC(C(=O)N1CCCC1C(=O)Nc1ccc(-c2ccc(-c3ccc(-c4cnc(C5CCCN5C(=O)C(NC(=O)OC)C(C)C)[nH]4)cc3)n2-c2ccc(S(F)(F)(F)(F)F)cc2)cc1)C(C)C. The highest BCUT2D eigenvalue weighted by Gasteiger charge is 2.65. The average molecular weight is 983 g/mol. The maximum atomic E-state index is 13.8. The minimum absolute atomic E-state index is 0.166. The number of hydrogen-bond donors (Lipinski definition) is 4. The molecule has 15 nitrogen and oxygen atoms in total. The standard InChI is InChI=1S/C48H55F5N8O7S/c1-28(2)41(57-47(65)67-5)45(63)59-25-7-9-39(59)43-54-27-36(56-43)30-11-13-31(14-12-30)37-23-24-38(61(37)34-19-21-35(22-20-34)69(49,50,51,52)53)32-15-17-33(18-16-32)55-44(62)40-10-8-26-60(40)46(64)42(29(3)4)58-48(66)68-6/h11-24,27-29,39-42H,7-10,25-26H2,1-6H3,(H,54,56)(H,55,62)(H,57,65)(H,58,66). The van der Waals surface area contributed by atoms with Crippen molar-refractivity contribution in [3.05, 3.63) is 97.0 Å². The fourth-order valence-electron chi connectivity index (χ4n) is 8.82. The Kier molecular flexibility index (Phi) is 13.7. The summed E-state index contributed by atoms with van der Waals surface area (Å²) >= 11 is 0. The summed E-state index contributed by atoms with van der Waals surface area (Å²) in [4.78, 5) is 73.9. The number of aromatic nitrogens is 3. The lowest BCUT2D eigenvalue weighted by atomic mass is 10.0. The fourth-order valence-corrected chi connectivity index (χ4v) is 9.47. The molecule has 69 heavy (non-hydrogen) atoms. The summed E-state index contributed by atoms with van der Waals surface area (Å²) in [5.41, 5.74) is 4.17. The number of carbonyl (C=O) groups excluding carboxylic acids is 5. The largest absolute Gasteiger partial charge is 0.453 e. The Morgan fingerprint density at radius 3 is 1.68 bits per heavy atom. The minimum Gasteiger partial charge on any atom is -0.453 e. The van der Waals surface area contributed by atoms with Gasteiger partial charge in [0.1, 0.15) is 28.8 Å². The van der Waals surface area contributed by atoms with Gasteiger partial charge in [-0.05, 0) is 103 Å². The number of aromatic amines is 1. The Morgan fingerprint density at radius 2 is 1.16 bits per heavy atom. The molecule has 370 valence electrons. The zero-order valence-corrected chi connectivity index (χ0v) is 39.6. The van der Waals surface area contributed by atoms with Crippen LogP contribution in [-0.4, -0.2) is 99.7 Å². The molecule has 2 aromatic heterocycles. The molecule has 0 saturated carbocycles. The van der Waals surface area contributed by atoms with Gasteiger partial charge in [-0.25, -0.2) is 14.6 Å². The molecule has 0 bridgehead atoms. The third-order valence-corrected chi connectivity index (χ3v) is 13.6. The number of nitrogens with zero attached hydrogens (tertiary/aromatic N) is 4. The number of halogens is 5. The number of alkyl carbamates (subject to hydrolysis) is 2. The molecule has 4 unspecified atom stereocenters. The van der Waals surface area contributed by atoms with E-state index in [1.165, 1.54) is 19.1 Å². The maximum absolute atomic E-state index is 13.8. The second-order valence-electron chi connectivity index (χ2n) is 17.8. The van der Waals surface area contributed by atoms with Crippen LogP contribution in [-0.2, 0) is 23.9 Å². The molecule has 0 spiro atoms. The van der Waals surface area contributed by atoms with Gasteiger partial charge in [0.05, 0.1) is 43.5 Å². The van der Waals surface area contributed by atoms with Crippen molar-refractivity contribution in [2.75, 3.05) is 32.6 Å². The number of carbonyl (C=O) groups is 5. The van der Waals surface area contributed by atoms with E-state index in [1.54, 1.807) is 78.0 Å². The van der Waals surface area contributed by atoms with E-state index in [2.05, 4.69) is 30.7 Å². The molecule has 4 N–H and O–H groups in total. The molecule has 4 heterocycles. The Balaban J connectivity index is 1.14. The van der Waals surface area contributed by atoms with Crippen molar-refractivity contribution in [3.8, 4) is 39.5 Å². The third-order valence-electron chi connectivity index (χ3n) is 12.4. The summed E-state index contributed by atoms with van der Waals surface area (Å²) < 4.78 is 80.3. The van der Waals surface area contributed by atoms with E-state index in [-0.39, 0.29) is 29.5 Å². The summed E-state index contributed by atoms with van der Waals surface area (Å²) in [6.07, 6.45) is 2.54. The zero-order chi connectivity index (χ0) is 50.1. The third kappa shape index (κ3) is 11.0. The number of H-pyrrole nitrogens is 1. The molecule has 2 aliphatic rings. The smallest absolute Gasteiger partial charge is 0.407 e. The molecule has 2 aliphatic heterocycles. The summed E-state index contributed by atoms with van der Waals surface area (Å²) in [7, 11) is -7.56. The van der Waals surface area contributed by atoms with Crippen LogP contribution in [0.15, 0.2) is 96.0 Å². The van der Waals surface area contributed by atoms with Crippen molar-refractivity contribution in [3.63, 3.8) is 0 Å². The van der Waals surface area contributed by atoms with Crippen LogP contribution in [0.25, 0.3) is 39.5 Å². The Morgan fingerprint density at radius 1 is 0.667 bits per heavy atom. The van der Waals surface area contributed by atoms with E-state index in [4.69, 9.17) is 4.74 Å². The van der Waals surface area contributed by atoms with Crippen LogP contribution in [0.3, 0.4) is 0 Å². The van der Waals surface area contributed by atoms with Gasteiger partial charge in [0.25, 0.3) is 0 Å². The highest BCUT2D eigenvalue weighted by molar-refractivity contribution is 8.45. The highest BCUT2D eigenvalue weighted by atomic mass is 32.5. The van der Waals surface area contributed by atoms with Crippen LogP contribution in [0, 0.1) is 11.8 Å². The summed E-state index contributed by atoms with van der Waals surface area (Å²) in [6, 6.07) is 17.2. The number of hydrogen-bond acceptors (Lipinski definition) is 8. The number of likely N-dealkylation sites (tertiary alicyclic amines) is 2. The van der Waals surface area contributed by atoms with E-state index in [9.17, 15) is 43.4 Å². The predicted molar refractivity (Wildman–Crippen MR) is 251 cm³/mol. The van der Waals surface area contributed by atoms with Crippen LogP contribution in [0.4, 0.5) is 34.7 Å². The molecule has 0 radical (unpaired) electrons. The van der Waals surface area contributed by atoms with Gasteiger partial charge in [-0.3, -0.25) is 14.4 Å². The second-order valence-corrected chi connectivity index (χ2v) is 20.2. The van der Waals surface area contributed by atoms with Gasteiger partial charge in [0.2, 0.25) is 17.7 Å². The van der Waals surface area contributed by atoms with Crippen molar-refractivity contribution in [2.45, 2.75) is 82.4 Å².